The Morgan fingerprint density at radius 1 is 0.648 bits per heavy atom. The van der Waals surface area contributed by atoms with E-state index in [9.17, 15) is 28.9 Å². The van der Waals surface area contributed by atoms with Crippen LogP contribution in [0.5, 0.6) is 0 Å². The number of hydrogen-bond acceptors (Lipinski definition) is 26. The van der Waals surface area contributed by atoms with Crippen molar-refractivity contribution >= 4 is 78.1 Å². The zero-order chi connectivity index (χ0) is 52.3. The average Bonchev–Trinajstić information content (AvgIpc) is 4.09. The number of esters is 2. The largest absolute Gasteiger partial charge is 0.438 e. The predicted octanol–water partition coefficient (Wildman–Crippen LogP) is 0.283. The van der Waals surface area contributed by atoms with Gasteiger partial charge in [-0.25, -0.2) is 44.9 Å². The minimum Gasteiger partial charge on any atom is -0.438 e. The molecule has 0 radical (unpaired) electrons. The number of nitrogens with two attached hydrogens (primary N) is 3. The molecule has 4 atom stereocenters. The standard InChI is InChI=1S/C20H32N5O8P.C10H13N5O4.C8H12N5O4P/c1-19(2,3)17(26)30-11-32-34(28,33-12-31-18(27)20(4,5)6)13-29-8-7-25-10-24-14-15(21)22-9-23-16(14)25;11-8-5-9(13-2-12-8)15(3-14-5)10-7(18)6(17)4(1-16)19-10;9-7-6-8(11-3-10-7)13(4-12-6)1-2-17-5-18(14,15)16/h9-10H,7-8,11-13H2,1-6H3,(H2,21,22,23);2-4,6-7,10,16-18H,1H2,(H2,11,12,13);3-4H,1-2,5H2,(H2,9,10,11)(H2,14,15,16)/t;4-,6-,7-,10-;/m.1./s1. The number of aliphatic hydroxyl groups is 3. The first-order valence-electron chi connectivity index (χ1n) is 21.1. The lowest BCUT2D eigenvalue weighted by molar-refractivity contribution is -0.162. The van der Waals surface area contributed by atoms with Gasteiger partial charge in [-0.15, -0.1) is 0 Å². The molecule has 6 aromatic rings. The summed E-state index contributed by atoms with van der Waals surface area (Å²) in [5, 5.41) is 28.7. The van der Waals surface area contributed by atoms with Crippen molar-refractivity contribution in [1.29, 1.82) is 0 Å². The Bertz CT molecular complexity index is 2790. The molecule has 11 N–H and O–H groups in total. The lowest BCUT2D eigenvalue weighted by atomic mass is 9.98. The van der Waals surface area contributed by atoms with E-state index in [0.717, 1.165) is 0 Å². The molecule has 33 heteroatoms. The van der Waals surface area contributed by atoms with Gasteiger partial charge in [-0.1, -0.05) is 0 Å². The van der Waals surface area contributed by atoms with Gasteiger partial charge < -0.3 is 75.1 Å². The van der Waals surface area contributed by atoms with Crippen LogP contribution >= 0.6 is 15.2 Å². The van der Waals surface area contributed by atoms with Crippen LogP contribution in [0.25, 0.3) is 33.5 Å². The summed E-state index contributed by atoms with van der Waals surface area (Å²) in [5.41, 5.74) is 18.3. The summed E-state index contributed by atoms with van der Waals surface area (Å²) in [4.78, 5) is 77.0. The van der Waals surface area contributed by atoms with Gasteiger partial charge in [0.15, 0.2) is 40.6 Å². The van der Waals surface area contributed by atoms with Crippen LogP contribution in [-0.4, -0.2) is 160 Å². The minimum absolute atomic E-state index is 0.0929. The Morgan fingerprint density at radius 3 is 1.49 bits per heavy atom. The van der Waals surface area contributed by atoms with E-state index in [4.69, 9.17) is 64.8 Å². The Kier molecular flexibility index (Phi) is 18.9. The highest BCUT2D eigenvalue weighted by molar-refractivity contribution is 7.53. The second-order valence-electron chi connectivity index (χ2n) is 17.3. The fourth-order valence-corrected chi connectivity index (χ4v) is 7.21. The molecular weight excluding hydrogens is 984 g/mol. The van der Waals surface area contributed by atoms with Gasteiger partial charge in [0.05, 0.1) is 49.6 Å². The summed E-state index contributed by atoms with van der Waals surface area (Å²) in [7, 11) is -8.07. The average molecular weight is 1040 g/mol. The van der Waals surface area contributed by atoms with Crippen LogP contribution in [0.2, 0.25) is 0 Å². The number of rotatable bonds is 18. The molecule has 0 unspecified atom stereocenters. The number of carbonyl (C=O) groups excluding carboxylic acids is 2. The maximum Gasteiger partial charge on any atom is 0.361 e. The summed E-state index contributed by atoms with van der Waals surface area (Å²) in [5.74, 6) is -0.337. The fraction of sp³-hybridized carbons (Fsp3) is 0.553. The molecule has 6 aromatic heterocycles. The van der Waals surface area contributed by atoms with Crippen molar-refractivity contribution in [1.82, 2.24) is 58.6 Å². The number of aliphatic hydroxyl groups excluding tert-OH is 3. The third-order valence-corrected chi connectivity index (χ3v) is 11.6. The van der Waals surface area contributed by atoms with Crippen molar-refractivity contribution in [2.45, 2.75) is 79.2 Å². The molecule has 0 saturated carbocycles. The summed E-state index contributed by atoms with van der Waals surface area (Å²) < 4.78 is 64.6. The SMILES string of the molecule is CC(C)(C)C(=O)OCOP(=O)(COCCn1cnc2c(N)ncnc21)OCOC(=O)C(C)(C)C.Nc1ncnc2c1ncn2CCOCP(=O)(O)O.Nc1ncnc2c1ncn2[C@@H]1O[C@H](CO)[C@@H](O)[C@H]1O. The van der Waals surface area contributed by atoms with Crippen LogP contribution in [-0.2, 0) is 64.5 Å². The molecule has 1 fully saturated rings. The van der Waals surface area contributed by atoms with Crippen LogP contribution in [0, 0.1) is 10.8 Å². The quantitative estimate of drug-likeness (QED) is 0.0248. The summed E-state index contributed by atoms with van der Waals surface area (Å²) in [6.45, 7) is 9.28. The second kappa shape index (κ2) is 24.0. The number of ether oxygens (including phenoxy) is 5. The number of aromatic nitrogens is 12. The maximum atomic E-state index is 13.1. The van der Waals surface area contributed by atoms with E-state index in [2.05, 4.69) is 44.9 Å². The Labute approximate surface area is 403 Å². The molecule has 1 aliphatic rings. The summed E-state index contributed by atoms with van der Waals surface area (Å²) in [6.07, 6.45) is 3.21. The molecular formula is C38H57N15O16P2. The highest BCUT2D eigenvalue weighted by Gasteiger charge is 2.44. The number of fused-ring (bicyclic) bond motifs is 3. The van der Waals surface area contributed by atoms with Crippen LogP contribution in [0.4, 0.5) is 17.5 Å². The van der Waals surface area contributed by atoms with Crippen LogP contribution < -0.4 is 17.2 Å². The molecule has 0 amide bonds. The van der Waals surface area contributed by atoms with Gasteiger partial charge in [-0.3, -0.25) is 32.3 Å². The molecule has 0 bridgehead atoms. The molecule has 0 aliphatic carbocycles. The minimum atomic E-state index is -4.12. The normalized spacial score (nSPS) is 17.5. The first-order chi connectivity index (χ1) is 33.3. The van der Waals surface area contributed by atoms with Crippen molar-refractivity contribution in [2.24, 2.45) is 10.8 Å². The number of nitrogen functional groups attached to an aromatic ring is 3. The number of carbonyl (C=O) groups is 2. The monoisotopic (exact) mass is 1040 g/mol. The van der Waals surface area contributed by atoms with E-state index >= 15 is 0 Å². The van der Waals surface area contributed by atoms with E-state index < -0.39 is 95.4 Å². The van der Waals surface area contributed by atoms with E-state index in [1.807, 2.05) is 0 Å². The van der Waals surface area contributed by atoms with Gasteiger partial charge >= 0.3 is 27.1 Å². The van der Waals surface area contributed by atoms with E-state index in [1.54, 1.807) is 50.7 Å². The van der Waals surface area contributed by atoms with Gasteiger partial charge in [-0.2, -0.15) is 0 Å². The van der Waals surface area contributed by atoms with Gasteiger partial charge in [-0.05, 0) is 41.5 Å². The first-order valence-corrected chi connectivity index (χ1v) is 24.7. The topological polar surface area (TPSA) is 443 Å². The van der Waals surface area contributed by atoms with Gasteiger partial charge in [0, 0.05) is 13.1 Å². The lowest BCUT2D eigenvalue weighted by Crippen LogP contribution is -2.33. The molecule has 0 spiro atoms. The fourth-order valence-electron chi connectivity index (χ4n) is 5.84. The van der Waals surface area contributed by atoms with Crippen LogP contribution in [0.3, 0.4) is 0 Å². The van der Waals surface area contributed by atoms with Crippen LogP contribution in [0.1, 0.15) is 47.8 Å². The Morgan fingerprint density at radius 2 is 1.07 bits per heavy atom. The van der Waals surface area contributed by atoms with Crippen molar-refractivity contribution in [2.75, 3.05) is 63.3 Å². The molecule has 0 aromatic carbocycles. The van der Waals surface area contributed by atoms with Crippen molar-refractivity contribution in [3.8, 4) is 0 Å². The van der Waals surface area contributed by atoms with Gasteiger partial charge in [0.2, 0.25) is 13.6 Å². The van der Waals surface area contributed by atoms with Crippen molar-refractivity contribution in [3.05, 3.63) is 38.0 Å². The molecule has 7 heterocycles. The third-order valence-electron chi connectivity index (χ3n) is 9.60. The lowest BCUT2D eigenvalue weighted by Gasteiger charge is -2.22. The molecule has 31 nitrogen and oxygen atoms in total. The molecule has 390 valence electrons. The Balaban J connectivity index is 0.000000214. The maximum absolute atomic E-state index is 13.1. The second-order valence-corrected chi connectivity index (χ2v) is 20.8. The van der Waals surface area contributed by atoms with E-state index in [-0.39, 0.29) is 30.7 Å². The summed E-state index contributed by atoms with van der Waals surface area (Å²) >= 11 is 0. The highest BCUT2D eigenvalue weighted by atomic mass is 31.2. The zero-order valence-corrected chi connectivity index (χ0v) is 41.1. The zero-order valence-electron chi connectivity index (χ0n) is 39.4. The Hall–Kier alpha value is -5.95. The molecule has 1 aliphatic heterocycles. The smallest absolute Gasteiger partial charge is 0.361 e. The van der Waals surface area contributed by atoms with E-state index in [1.165, 1.54) is 42.5 Å². The molecule has 7 rings (SSSR count). The van der Waals surface area contributed by atoms with Crippen molar-refractivity contribution < 1.29 is 76.6 Å². The number of imidazole rings is 3. The van der Waals surface area contributed by atoms with Crippen LogP contribution in [0.15, 0.2) is 38.0 Å². The third kappa shape index (κ3) is 15.3. The van der Waals surface area contributed by atoms with E-state index in [0.29, 0.717) is 46.6 Å². The predicted molar refractivity (Wildman–Crippen MR) is 247 cm³/mol. The van der Waals surface area contributed by atoms with Gasteiger partial charge in [0.1, 0.15) is 66.5 Å². The number of nitrogens with zero attached hydrogens (tertiary/aromatic N) is 12. The number of hydrogen-bond donors (Lipinski definition) is 8. The highest BCUT2D eigenvalue weighted by Crippen LogP contribution is 2.48. The number of anilines is 3. The molecule has 71 heavy (non-hydrogen) atoms. The van der Waals surface area contributed by atoms with Crippen molar-refractivity contribution in [3.63, 3.8) is 0 Å². The van der Waals surface area contributed by atoms with Gasteiger partial charge in [0.25, 0.3) is 0 Å². The molecule has 1 saturated heterocycles. The first kappa shape index (κ1) is 56.0. The summed E-state index contributed by atoms with van der Waals surface area (Å²) in [6, 6.07) is 0.